The number of benzene rings is 1. The van der Waals surface area contributed by atoms with Gasteiger partial charge in [-0.25, -0.2) is 9.78 Å². The SMILES string of the molecule is CCCc1nc2ccccc2n1C(C)C(=O)O.Cl. The molecule has 0 fully saturated rings. The normalized spacial score (nSPS) is 12.1. The number of hydrogen-bond donors (Lipinski definition) is 1. The fraction of sp³-hybridized carbons (Fsp3) is 0.385. The minimum absolute atomic E-state index is 0. The predicted octanol–water partition coefficient (Wildman–Crippen LogP) is 3.06. The maximum Gasteiger partial charge on any atom is 0.326 e. The molecule has 0 saturated carbocycles. The van der Waals surface area contributed by atoms with Crippen molar-refractivity contribution >= 4 is 29.4 Å². The van der Waals surface area contributed by atoms with E-state index in [2.05, 4.69) is 11.9 Å². The molecular weight excluding hydrogens is 252 g/mol. The lowest BCUT2D eigenvalue weighted by molar-refractivity contribution is -0.140. The average molecular weight is 269 g/mol. The topological polar surface area (TPSA) is 55.1 Å². The van der Waals surface area contributed by atoms with Crippen molar-refractivity contribution in [3.63, 3.8) is 0 Å². The van der Waals surface area contributed by atoms with Crippen molar-refractivity contribution in [2.24, 2.45) is 0 Å². The first-order valence-corrected chi connectivity index (χ1v) is 5.83. The van der Waals surface area contributed by atoms with Crippen molar-refractivity contribution in [3.8, 4) is 0 Å². The molecule has 5 heteroatoms. The highest BCUT2D eigenvalue weighted by molar-refractivity contribution is 5.85. The van der Waals surface area contributed by atoms with Gasteiger partial charge in [-0.2, -0.15) is 0 Å². The van der Waals surface area contributed by atoms with E-state index in [1.54, 1.807) is 6.92 Å². The first-order chi connectivity index (χ1) is 8.15. The number of imidazole rings is 1. The zero-order valence-corrected chi connectivity index (χ0v) is 11.3. The molecule has 1 aromatic heterocycles. The van der Waals surface area contributed by atoms with Gasteiger partial charge in [0.15, 0.2) is 0 Å². The number of nitrogens with zero attached hydrogens (tertiary/aromatic N) is 2. The van der Waals surface area contributed by atoms with Gasteiger partial charge in [0.1, 0.15) is 11.9 Å². The first kappa shape index (κ1) is 14.5. The summed E-state index contributed by atoms with van der Waals surface area (Å²) in [6.07, 6.45) is 1.75. The van der Waals surface area contributed by atoms with Gasteiger partial charge in [-0.3, -0.25) is 0 Å². The summed E-state index contributed by atoms with van der Waals surface area (Å²) in [7, 11) is 0. The molecular formula is C13H17ClN2O2. The third kappa shape index (κ3) is 2.48. The van der Waals surface area contributed by atoms with Gasteiger partial charge >= 0.3 is 5.97 Å². The van der Waals surface area contributed by atoms with Crippen LogP contribution in [0.2, 0.25) is 0 Å². The fourth-order valence-electron chi connectivity index (χ4n) is 2.04. The molecule has 0 spiro atoms. The zero-order chi connectivity index (χ0) is 12.4. The molecule has 18 heavy (non-hydrogen) atoms. The van der Waals surface area contributed by atoms with Crippen LogP contribution >= 0.6 is 12.4 Å². The Morgan fingerprint density at radius 1 is 1.44 bits per heavy atom. The number of carbonyl (C=O) groups is 1. The second kappa shape index (κ2) is 5.87. The molecule has 1 atom stereocenters. The molecule has 2 rings (SSSR count). The summed E-state index contributed by atoms with van der Waals surface area (Å²) >= 11 is 0. The fourth-order valence-corrected chi connectivity index (χ4v) is 2.04. The van der Waals surface area contributed by atoms with Gasteiger partial charge in [0.05, 0.1) is 11.0 Å². The van der Waals surface area contributed by atoms with Crippen LogP contribution in [-0.2, 0) is 11.2 Å². The van der Waals surface area contributed by atoms with Crippen molar-refractivity contribution in [1.29, 1.82) is 0 Å². The molecule has 0 aliphatic heterocycles. The predicted molar refractivity (Wildman–Crippen MR) is 73.3 cm³/mol. The van der Waals surface area contributed by atoms with Crippen LogP contribution in [0.5, 0.6) is 0 Å². The number of aromatic nitrogens is 2. The summed E-state index contributed by atoms with van der Waals surface area (Å²) in [6, 6.07) is 7.08. The standard InChI is InChI=1S/C13H16N2O2.ClH/c1-3-6-12-14-10-7-4-5-8-11(10)15(12)9(2)13(16)17;/h4-5,7-9H,3,6H2,1-2H3,(H,16,17);1H. The van der Waals surface area contributed by atoms with Crippen LogP contribution in [0.15, 0.2) is 24.3 Å². The summed E-state index contributed by atoms with van der Waals surface area (Å²) in [5.74, 6) is 0.0223. The molecule has 0 radical (unpaired) electrons. The Morgan fingerprint density at radius 3 is 2.72 bits per heavy atom. The van der Waals surface area contributed by atoms with Crippen LogP contribution in [0.3, 0.4) is 0 Å². The Balaban J connectivity index is 0.00000162. The van der Waals surface area contributed by atoms with Crippen LogP contribution in [0.25, 0.3) is 11.0 Å². The van der Waals surface area contributed by atoms with E-state index in [1.165, 1.54) is 0 Å². The second-order valence-corrected chi connectivity index (χ2v) is 4.15. The highest BCUT2D eigenvalue weighted by Crippen LogP contribution is 2.22. The molecule has 1 N–H and O–H groups in total. The molecule has 1 unspecified atom stereocenters. The highest BCUT2D eigenvalue weighted by atomic mass is 35.5. The largest absolute Gasteiger partial charge is 0.480 e. The third-order valence-corrected chi connectivity index (χ3v) is 2.89. The van der Waals surface area contributed by atoms with E-state index in [-0.39, 0.29) is 12.4 Å². The lowest BCUT2D eigenvalue weighted by Gasteiger charge is -2.13. The monoisotopic (exact) mass is 268 g/mol. The summed E-state index contributed by atoms with van der Waals surface area (Å²) in [6.45, 7) is 3.75. The molecule has 4 nitrogen and oxygen atoms in total. The Morgan fingerprint density at radius 2 is 2.11 bits per heavy atom. The average Bonchev–Trinajstić information content (AvgIpc) is 2.66. The molecule has 0 aliphatic carbocycles. The van der Waals surface area contributed by atoms with Crippen molar-refractivity contribution in [2.75, 3.05) is 0 Å². The van der Waals surface area contributed by atoms with E-state index in [0.29, 0.717) is 0 Å². The number of fused-ring (bicyclic) bond motifs is 1. The Kier molecular flexibility index (Phi) is 4.73. The number of aliphatic carboxylic acids is 1. The van der Waals surface area contributed by atoms with Gasteiger partial charge in [-0.15, -0.1) is 12.4 Å². The van der Waals surface area contributed by atoms with E-state index < -0.39 is 12.0 Å². The van der Waals surface area contributed by atoms with Gasteiger partial charge in [-0.1, -0.05) is 19.1 Å². The molecule has 1 aromatic carbocycles. The van der Waals surface area contributed by atoms with Crippen LogP contribution < -0.4 is 0 Å². The van der Waals surface area contributed by atoms with Crippen LogP contribution in [-0.4, -0.2) is 20.6 Å². The molecule has 2 aromatic rings. The number of carboxylic acids is 1. The van der Waals surface area contributed by atoms with Crippen molar-refractivity contribution < 1.29 is 9.90 Å². The van der Waals surface area contributed by atoms with Gasteiger partial charge in [0.25, 0.3) is 0 Å². The number of hydrogen-bond acceptors (Lipinski definition) is 2. The van der Waals surface area contributed by atoms with Gasteiger partial charge < -0.3 is 9.67 Å². The van der Waals surface area contributed by atoms with Gasteiger partial charge in [-0.05, 0) is 25.5 Å². The van der Waals surface area contributed by atoms with E-state index in [4.69, 9.17) is 5.11 Å². The van der Waals surface area contributed by atoms with Crippen molar-refractivity contribution in [2.45, 2.75) is 32.7 Å². The van der Waals surface area contributed by atoms with Gasteiger partial charge in [0.2, 0.25) is 0 Å². The van der Waals surface area contributed by atoms with Crippen LogP contribution in [0, 0.1) is 0 Å². The maximum atomic E-state index is 11.1. The lowest BCUT2D eigenvalue weighted by atomic mass is 10.2. The van der Waals surface area contributed by atoms with E-state index >= 15 is 0 Å². The zero-order valence-electron chi connectivity index (χ0n) is 10.5. The molecule has 0 aliphatic rings. The number of carboxylic acid groups (broad SMARTS) is 1. The maximum absolute atomic E-state index is 11.1. The summed E-state index contributed by atoms with van der Waals surface area (Å²) in [4.78, 5) is 15.7. The quantitative estimate of drug-likeness (QED) is 0.927. The second-order valence-electron chi connectivity index (χ2n) is 4.15. The van der Waals surface area contributed by atoms with Crippen LogP contribution in [0.1, 0.15) is 32.1 Å². The third-order valence-electron chi connectivity index (χ3n) is 2.89. The van der Waals surface area contributed by atoms with E-state index in [0.717, 1.165) is 29.7 Å². The number of para-hydroxylation sites is 2. The summed E-state index contributed by atoms with van der Waals surface area (Å²) < 4.78 is 1.82. The van der Waals surface area contributed by atoms with Crippen molar-refractivity contribution in [1.82, 2.24) is 9.55 Å². The lowest BCUT2D eigenvalue weighted by Crippen LogP contribution is -2.17. The van der Waals surface area contributed by atoms with Crippen LogP contribution in [0.4, 0.5) is 0 Å². The first-order valence-electron chi connectivity index (χ1n) is 5.83. The van der Waals surface area contributed by atoms with Gasteiger partial charge in [0, 0.05) is 6.42 Å². The van der Waals surface area contributed by atoms with E-state index in [9.17, 15) is 4.79 Å². The Hall–Kier alpha value is -1.55. The van der Waals surface area contributed by atoms with E-state index in [1.807, 2.05) is 28.8 Å². The smallest absolute Gasteiger partial charge is 0.326 e. The minimum atomic E-state index is -0.828. The number of aryl methyl sites for hydroxylation is 1. The molecule has 0 bridgehead atoms. The Bertz CT molecular complexity index is 551. The summed E-state index contributed by atoms with van der Waals surface area (Å²) in [5, 5.41) is 9.16. The highest BCUT2D eigenvalue weighted by Gasteiger charge is 2.19. The summed E-state index contributed by atoms with van der Waals surface area (Å²) in [5.41, 5.74) is 1.76. The van der Waals surface area contributed by atoms with Crippen molar-refractivity contribution in [3.05, 3.63) is 30.1 Å². The molecule has 98 valence electrons. The molecule has 1 heterocycles. The number of rotatable bonds is 4. The number of halogens is 1. The Labute approximate surface area is 112 Å². The molecule has 0 saturated heterocycles. The molecule has 0 amide bonds. The minimum Gasteiger partial charge on any atom is -0.480 e.